The van der Waals surface area contributed by atoms with Crippen molar-refractivity contribution in [3.05, 3.63) is 77.0 Å². The summed E-state index contributed by atoms with van der Waals surface area (Å²) in [7, 11) is 3.10. The van der Waals surface area contributed by atoms with Gasteiger partial charge in [-0.2, -0.15) is 0 Å². The molecule has 4 rings (SSSR count). The van der Waals surface area contributed by atoms with Crippen LogP contribution in [0.5, 0.6) is 11.5 Å². The van der Waals surface area contributed by atoms with E-state index in [4.69, 9.17) is 14.2 Å². The normalized spacial score (nSPS) is 18.3. The summed E-state index contributed by atoms with van der Waals surface area (Å²) in [5, 5.41) is 5.73. The number of ether oxygens (including phenoxy) is 3. The number of esters is 1. The van der Waals surface area contributed by atoms with E-state index in [2.05, 4.69) is 33.7 Å². The molecule has 0 radical (unpaired) electrons. The predicted octanol–water partition coefficient (Wildman–Crippen LogP) is 3.66. The number of nitrogens with zero attached hydrogens (tertiary/aromatic N) is 1. The van der Waals surface area contributed by atoms with Gasteiger partial charge in [-0.3, -0.25) is 4.90 Å². The van der Waals surface area contributed by atoms with E-state index in [-0.39, 0.29) is 12.6 Å². The van der Waals surface area contributed by atoms with Crippen LogP contribution in [0.1, 0.15) is 30.5 Å². The highest BCUT2D eigenvalue weighted by Crippen LogP contribution is 2.35. The molecule has 2 aliphatic rings. The van der Waals surface area contributed by atoms with Gasteiger partial charge in [-0.1, -0.05) is 42.5 Å². The summed E-state index contributed by atoms with van der Waals surface area (Å²) in [5.74, 6) is 0.609. The summed E-state index contributed by atoms with van der Waals surface area (Å²) in [6.45, 7) is 3.94. The maximum absolute atomic E-state index is 13.1. The van der Waals surface area contributed by atoms with E-state index in [9.17, 15) is 9.59 Å². The zero-order valence-electron chi connectivity index (χ0n) is 20.3. The Labute approximate surface area is 205 Å². The second kappa shape index (κ2) is 11.1. The fourth-order valence-corrected chi connectivity index (χ4v) is 4.47. The SMILES string of the molecule is CCOC(=O)C1=C(CN2CC=C(c3ccccc3)CC2)NC(=O)NC1c1ccc(OC)c(OC)c1. The highest BCUT2D eigenvalue weighted by atomic mass is 16.5. The first-order valence-corrected chi connectivity index (χ1v) is 11.7. The van der Waals surface area contributed by atoms with Crippen LogP contribution in [0.4, 0.5) is 4.79 Å². The number of hydrogen-bond donors (Lipinski definition) is 2. The topological polar surface area (TPSA) is 89.1 Å². The van der Waals surface area contributed by atoms with E-state index in [1.54, 1.807) is 33.3 Å². The fourth-order valence-electron chi connectivity index (χ4n) is 4.47. The standard InChI is InChI=1S/C27H31N3O5/c1-4-35-26(31)24-21(17-30-14-12-19(13-15-30)18-8-6-5-7-9-18)28-27(32)29-25(24)20-10-11-22(33-2)23(16-20)34-3/h5-12,16,25H,4,13-15,17H2,1-3H3,(H2,28,29,32). The van der Waals surface area contributed by atoms with Crippen molar-refractivity contribution in [1.29, 1.82) is 0 Å². The maximum Gasteiger partial charge on any atom is 0.338 e. The van der Waals surface area contributed by atoms with Crippen molar-refractivity contribution >= 4 is 17.6 Å². The van der Waals surface area contributed by atoms with Gasteiger partial charge in [-0.25, -0.2) is 9.59 Å². The molecule has 2 N–H and O–H groups in total. The average molecular weight is 478 g/mol. The molecule has 2 aromatic rings. The monoisotopic (exact) mass is 477 g/mol. The van der Waals surface area contributed by atoms with E-state index in [0.29, 0.717) is 41.4 Å². The molecule has 0 saturated carbocycles. The molecule has 0 spiro atoms. The van der Waals surface area contributed by atoms with Crippen LogP contribution in [-0.4, -0.2) is 57.4 Å². The number of carbonyl (C=O) groups is 2. The zero-order chi connectivity index (χ0) is 24.8. The summed E-state index contributed by atoms with van der Waals surface area (Å²) >= 11 is 0. The van der Waals surface area contributed by atoms with Crippen LogP contribution >= 0.6 is 0 Å². The Morgan fingerprint density at radius 2 is 1.86 bits per heavy atom. The number of methoxy groups -OCH3 is 2. The van der Waals surface area contributed by atoms with Crippen molar-refractivity contribution in [2.24, 2.45) is 0 Å². The molecule has 0 bridgehead atoms. The molecule has 2 heterocycles. The minimum atomic E-state index is -0.683. The van der Waals surface area contributed by atoms with Gasteiger partial charge >= 0.3 is 12.0 Å². The summed E-state index contributed by atoms with van der Waals surface area (Å²) < 4.78 is 16.2. The number of urea groups is 1. The first-order chi connectivity index (χ1) is 17.0. The van der Waals surface area contributed by atoms with Gasteiger partial charge in [0.15, 0.2) is 11.5 Å². The van der Waals surface area contributed by atoms with Gasteiger partial charge in [0.25, 0.3) is 0 Å². The average Bonchev–Trinajstić information content (AvgIpc) is 2.89. The highest BCUT2D eigenvalue weighted by molar-refractivity contribution is 5.95. The third-order valence-electron chi connectivity index (χ3n) is 6.21. The quantitative estimate of drug-likeness (QED) is 0.564. The largest absolute Gasteiger partial charge is 0.493 e. The van der Waals surface area contributed by atoms with E-state index in [1.807, 2.05) is 24.3 Å². The molecule has 1 atom stereocenters. The van der Waals surface area contributed by atoms with Gasteiger partial charge in [0.1, 0.15) is 0 Å². The Morgan fingerprint density at radius 3 is 2.51 bits per heavy atom. The molecule has 35 heavy (non-hydrogen) atoms. The van der Waals surface area contributed by atoms with Crippen LogP contribution in [-0.2, 0) is 9.53 Å². The van der Waals surface area contributed by atoms with Crippen molar-refractivity contribution in [3.63, 3.8) is 0 Å². The summed E-state index contributed by atoms with van der Waals surface area (Å²) in [6.07, 6.45) is 3.09. The number of nitrogens with one attached hydrogen (secondary N) is 2. The Bertz CT molecular complexity index is 1140. The van der Waals surface area contributed by atoms with Crippen LogP contribution in [0.25, 0.3) is 5.57 Å². The zero-order valence-corrected chi connectivity index (χ0v) is 20.3. The van der Waals surface area contributed by atoms with Crippen molar-refractivity contribution in [3.8, 4) is 11.5 Å². The molecule has 0 saturated heterocycles. The number of benzene rings is 2. The second-order valence-electron chi connectivity index (χ2n) is 8.34. The molecule has 184 valence electrons. The third-order valence-corrected chi connectivity index (χ3v) is 6.21. The lowest BCUT2D eigenvalue weighted by Crippen LogP contribution is -2.48. The number of hydrogen-bond acceptors (Lipinski definition) is 6. The molecule has 0 aliphatic carbocycles. The molecule has 2 amide bonds. The first-order valence-electron chi connectivity index (χ1n) is 11.7. The lowest BCUT2D eigenvalue weighted by molar-refractivity contribution is -0.139. The van der Waals surface area contributed by atoms with Gasteiger partial charge < -0.3 is 24.8 Å². The Hall–Kier alpha value is -3.78. The van der Waals surface area contributed by atoms with Crippen molar-refractivity contribution in [1.82, 2.24) is 15.5 Å². The van der Waals surface area contributed by atoms with Crippen LogP contribution in [0.2, 0.25) is 0 Å². The Morgan fingerprint density at radius 1 is 1.09 bits per heavy atom. The minimum Gasteiger partial charge on any atom is -0.493 e. The molecule has 0 fully saturated rings. The number of rotatable bonds is 8. The Balaban J connectivity index is 1.64. The molecular weight excluding hydrogens is 446 g/mol. The lowest BCUT2D eigenvalue weighted by Gasteiger charge is -2.33. The van der Waals surface area contributed by atoms with E-state index in [0.717, 1.165) is 13.0 Å². The van der Waals surface area contributed by atoms with E-state index < -0.39 is 12.0 Å². The summed E-state index contributed by atoms with van der Waals surface area (Å²) in [6, 6.07) is 14.6. The van der Waals surface area contributed by atoms with Crippen molar-refractivity contribution in [2.45, 2.75) is 19.4 Å². The summed E-state index contributed by atoms with van der Waals surface area (Å²) in [5.41, 5.74) is 4.16. The Kier molecular flexibility index (Phi) is 7.72. The smallest absolute Gasteiger partial charge is 0.338 e. The lowest BCUT2D eigenvalue weighted by atomic mass is 9.94. The summed E-state index contributed by atoms with van der Waals surface area (Å²) in [4.78, 5) is 27.9. The molecule has 1 unspecified atom stereocenters. The molecule has 8 heteroatoms. The first kappa shape index (κ1) is 24.3. The van der Waals surface area contributed by atoms with Crippen molar-refractivity contribution in [2.75, 3.05) is 40.5 Å². The van der Waals surface area contributed by atoms with E-state index >= 15 is 0 Å². The fraction of sp³-hybridized carbons (Fsp3) is 0.333. The highest BCUT2D eigenvalue weighted by Gasteiger charge is 2.35. The molecule has 2 aromatic carbocycles. The van der Waals surface area contributed by atoms with Gasteiger partial charge in [-0.05, 0) is 42.2 Å². The minimum absolute atomic E-state index is 0.231. The molecular formula is C27H31N3O5. The van der Waals surface area contributed by atoms with Crippen LogP contribution < -0.4 is 20.1 Å². The van der Waals surface area contributed by atoms with Crippen LogP contribution in [0.3, 0.4) is 0 Å². The maximum atomic E-state index is 13.1. The number of carbonyl (C=O) groups excluding carboxylic acids is 2. The second-order valence-corrected chi connectivity index (χ2v) is 8.34. The van der Waals surface area contributed by atoms with Crippen molar-refractivity contribution < 1.29 is 23.8 Å². The third kappa shape index (κ3) is 5.49. The predicted molar refractivity (Wildman–Crippen MR) is 133 cm³/mol. The van der Waals surface area contributed by atoms with Gasteiger partial charge in [0.2, 0.25) is 0 Å². The molecule has 8 nitrogen and oxygen atoms in total. The van der Waals surface area contributed by atoms with Crippen LogP contribution in [0, 0.1) is 0 Å². The number of amides is 2. The van der Waals surface area contributed by atoms with Crippen LogP contribution in [0.15, 0.2) is 65.9 Å². The van der Waals surface area contributed by atoms with Gasteiger partial charge in [0.05, 0.1) is 32.4 Å². The molecule has 2 aliphatic heterocycles. The van der Waals surface area contributed by atoms with E-state index in [1.165, 1.54) is 11.1 Å². The molecule has 0 aromatic heterocycles. The van der Waals surface area contributed by atoms with Gasteiger partial charge in [0, 0.05) is 25.3 Å². The van der Waals surface area contributed by atoms with Gasteiger partial charge in [-0.15, -0.1) is 0 Å².